The van der Waals surface area contributed by atoms with E-state index in [1.165, 1.54) is 38.5 Å². The molecule has 1 N–H and O–H groups in total. The standard InChI is InChI=1S/C14H22N2/c1-16(4-2-3-15)14-8-11-5-12(9-14)7-13(6-11)10-14/h11-13H,2,4-10H2,1H3/p+1. The Labute approximate surface area is 98.6 Å². The summed E-state index contributed by atoms with van der Waals surface area (Å²) in [5, 5.41) is 8.73. The first-order valence-electron chi connectivity index (χ1n) is 6.92. The van der Waals surface area contributed by atoms with Crippen molar-refractivity contribution < 1.29 is 4.90 Å². The van der Waals surface area contributed by atoms with Gasteiger partial charge in [-0.1, -0.05) is 0 Å². The topological polar surface area (TPSA) is 28.2 Å². The lowest BCUT2D eigenvalue weighted by atomic mass is 9.52. The largest absolute Gasteiger partial charge is 0.332 e. The van der Waals surface area contributed by atoms with Gasteiger partial charge >= 0.3 is 0 Å². The number of hydrogen-bond acceptors (Lipinski definition) is 1. The van der Waals surface area contributed by atoms with Crippen molar-refractivity contribution in [1.29, 1.82) is 5.26 Å². The lowest BCUT2D eigenvalue weighted by Crippen LogP contribution is -3.18. The summed E-state index contributed by atoms with van der Waals surface area (Å²) in [6, 6.07) is 2.31. The van der Waals surface area contributed by atoms with Crippen LogP contribution in [0.3, 0.4) is 0 Å². The summed E-state index contributed by atoms with van der Waals surface area (Å²) in [4.78, 5) is 1.66. The van der Waals surface area contributed by atoms with E-state index in [0.717, 1.165) is 30.7 Å². The quantitative estimate of drug-likeness (QED) is 0.763. The Bertz CT molecular complexity index is 280. The van der Waals surface area contributed by atoms with Gasteiger partial charge in [0.25, 0.3) is 0 Å². The fourth-order valence-electron chi connectivity index (χ4n) is 5.14. The second-order valence-corrected chi connectivity index (χ2v) is 6.64. The third-order valence-corrected chi connectivity index (χ3v) is 5.56. The summed E-state index contributed by atoms with van der Waals surface area (Å²) in [6.07, 6.45) is 9.65. The smallest absolute Gasteiger partial charge is 0.0983 e. The van der Waals surface area contributed by atoms with Crippen LogP contribution in [0.2, 0.25) is 0 Å². The number of nitriles is 1. The maximum absolute atomic E-state index is 8.73. The van der Waals surface area contributed by atoms with Gasteiger partial charge in [-0.05, 0) is 37.0 Å². The number of nitrogens with zero attached hydrogens (tertiary/aromatic N) is 1. The highest BCUT2D eigenvalue weighted by Gasteiger charge is 2.55. The van der Waals surface area contributed by atoms with Gasteiger partial charge in [0.15, 0.2) is 0 Å². The fourth-order valence-corrected chi connectivity index (χ4v) is 5.14. The van der Waals surface area contributed by atoms with Crippen LogP contribution in [-0.4, -0.2) is 19.1 Å². The Morgan fingerprint density at radius 2 is 1.62 bits per heavy atom. The van der Waals surface area contributed by atoms with E-state index in [1.807, 2.05) is 0 Å². The predicted molar refractivity (Wildman–Crippen MR) is 62.9 cm³/mol. The average Bonchev–Trinajstić information content (AvgIpc) is 2.24. The van der Waals surface area contributed by atoms with Crippen LogP contribution in [0.15, 0.2) is 0 Å². The zero-order valence-corrected chi connectivity index (χ0v) is 10.3. The van der Waals surface area contributed by atoms with Crippen LogP contribution in [-0.2, 0) is 0 Å². The number of nitrogens with one attached hydrogen (secondary N) is 1. The third kappa shape index (κ3) is 1.57. The number of hydrogen-bond donors (Lipinski definition) is 1. The maximum Gasteiger partial charge on any atom is 0.0983 e. The molecule has 0 spiro atoms. The van der Waals surface area contributed by atoms with Gasteiger partial charge in [0.2, 0.25) is 0 Å². The van der Waals surface area contributed by atoms with Crippen LogP contribution in [0.1, 0.15) is 44.9 Å². The van der Waals surface area contributed by atoms with E-state index in [-0.39, 0.29) is 0 Å². The molecule has 0 aromatic carbocycles. The van der Waals surface area contributed by atoms with E-state index in [1.54, 1.807) is 4.90 Å². The lowest BCUT2D eigenvalue weighted by molar-refractivity contribution is -0.940. The van der Waals surface area contributed by atoms with E-state index >= 15 is 0 Å². The molecule has 0 saturated heterocycles. The van der Waals surface area contributed by atoms with Gasteiger partial charge in [-0.2, -0.15) is 5.26 Å². The van der Waals surface area contributed by atoms with E-state index in [9.17, 15) is 0 Å². The van der Waals surface area contributed by atoms with Crippen molar-refractivity contribution >= 4 is 0 Å². The van der Waals surface area contributed by atoms with Crippen LogP contribution >= 0.6 is 0 Å². The highest BCUT2D eigenvalue weighted by molar-refractivity contribution is 5.02. The number of quaternary nitrogens is 1. The zero-order valence-electron chi connectivity index (χ0n) is 10.3. The van der Waals surface area contributed by atoms with Crippen molar-refractivity contribution in [3.63, 3.8) is 0 Å². The molecule has 0 aliphatic heterocycles. The molecule has 4 rings (SSSR count). The van der Waals surface area contributed by atoms with Crippen LogP contribution in [0, 0.1) is 29.1 Å². The Kier molecular flexibility index (Phi) is 2.47. The highest BCUT2D eigenvalue weighted by Crippen LogP contribution is 2.54. The van der Waals surface area contributed by atoms with E-state index in [2.05, 4.69) is 13.1 Å². The van der Waals surface area contributed by atoms with Crippen molar-refractivity contribution in [2.45, 2.75) is 50.5 Å². The normalized spacial score (nSPS) is 46.6. The molecular weight excluding hydrogens is 196 g/mol. The molecule has 4 saturated carbocycles. The SMILES string of the molecule is C[NH+](CCC#N)C12CC3CC(CC(C3)C1)C2. The summed E-state index contributed by atoms with van der Waals surface area (Å²) < 4.78 is 0. The molecule has 1 unspecified atom stereocenters. The van der Waals surface area contributed by atoms with E-state index in [0.29, 0.717) is 5.54 Å². The van der Waals surface area contributed by atoms with Gasteiger partial charge in [0, 0.05) is 19.3 Å². The van der Waals surface area contributed by atoms with Gasteiger partial charge in [0.1, 0.15) is 0 Å². The van der Waals surface area contributed by atoms with Gasteiger partial charge in [-0.25, -0.2) is 0 Å². The molecule has 0 heterocycles. The second kappa shape index (κ2) is 3.74. The summed E-state index contributed by atoms with van der Waals surface area (Å²) in [7, 11) is 2.34. The third-order valence-electron chi connectivity index (χ3n) is 5.56. The zero-order chi connectivity index (χ0) is 11.2. The van der Waals surface area contributed by atoms with Crippen LogP contribution in [0.25, 0.3) is 0 Å². The molecular formula is C14H23N2+. The summed E-state index contributed by atoms with van der Waals surface area (Å²) >= 11 is 0. The molecule has 0 radical (unpaired) electrons. The van der Waals surface area contributed by atoms with Crippen LogP contribution in [0.4, 0.5) is 0 Å². The molecule has 2 heteroatoms. The van der Waals surface area contributed by atoms with Gasteiger partial charge < -0.3 is 4.90 Å². The molecule has 2 nitrogen and oxygen atoms in total. The second-order valence-electron chi connectivity index (χ2n) is 6.64. The first-order valence-corrected chi connectivity index (χ1v) is 6.92. The molecule has 0 amide bonds. The monoisotopic (exact) mass is 219 g/mol. The summed E-state index contributed by atoms with van der Waals surface area (Å²) in [6.45, 7) is 1.06. The van der Waals surface area contributed by atoms with E-state index < -0.39 is 0 Å². The molecule has 0 aromatic heterocycles. The summed E-state index contributed by atoms with van der Waals surface area (Å²) in [5.74, 6) is 3.09. The molecule has 4 aliphatic carbocycles. The lowest BCUT2D eigenvalue weighted by Gasteiger charge is -2.57. The molecule has 1 atom stereocenters. The molecule has 4 aliphatic rings. The molecule has 16 heavy (non-hydrogen) atoms. The van der Waals surface area contributed by atoms with Crippen molar-refractivity contribution in [3.8, 4) is 6.07 Å². The molecule has 4 fully saturated rings. The first kappa shape index (κ1) is 10.6. The van der Waals surface area contributed by atoms with Crippen LogP contribution in [0.5, 0.6) is 0 Å². The number of rotatable bonds is 3. The first-order chi connectivity index (χ1) is 7.72. The minimum absolute atomic E-state index is 0.575. The Morgan fingerprint density at radius 1 is 1.12 bits per heavy atom. The molecule has 88 valence electrons. The van der Waals surface area contributed by atoms with Crippen molar-refractivity contribution in [3.05, 3.63) is 0 Å². The fraction of sp³-hybridized carbons (Fsp3) is 0.929. The minimum Gasteiger partial charge on any atom is -0.332 e. The maximum atomic E-state index is 8.73. The average molecular weight is 219 g/mol. The summed E-state index contributed by atoms with van der Waals surface area (Å²) in [5.41, 5.74) is 0.575. The van der Waals surface area contributed by atoms with Crippen molar-refractivity contribution in [2.24, 2.45) is 17.8 Å². The van der Waals surface area contributed by atoms with Crippen molar-refractivity contribution in [2.75, 3.05) is 13.6 Å². The predicted octanol–water partition coefficient (Wildman–Crippen LogP) is 1.38. The molecule has 4 bridgehead atoms. The van der Waals surface area contributed by atoms with Gasteiger partial charge in [-0.15, -0.1) is 0 Å². The Balaban J connectivity index is 1.75. The molecule has 0 aromatic rings. The van der Waals surface area contributed by atoms with Crippen LogP contribution < -0.4 is 4.90 Å². The Morgan fingerprint density at radius 3 is 2.06 bits per heavy atom. The minimum atomic E-state index is 0.575. The van der Waals surface area contributed by atoms with E-state index in [4.69, 9.17) is 5.26 Å². The van der Waals surface area contributed by atoms with Gasteiger partial charge in [-0.3, -0.25) is 0 Å². The van der Waals surface area contributed by atoms with Crippen molar-refractivity contribution in [1.82, 2.24) is 0 Å². The Hall–Kier alpha value is -0.550. The highest BCUT2D eigenvalue weighted by atomic mass is 15.2. The van der Waals surface area contributed by atoms with Gasteiger partial charge in [0.05, 0.1) is 31.6 Å².